The van der Waals surface area contributed by atoms with E-state index in [9.17, 15) is 4.79 Å². The van der Waals surface area contributed by atoms with E-state index in [1.807, 2.05) is 6.07 Å². The molecule has 1 saturated heterocycles. The van der Waals surface area contributed by atoms with Crippen LogP contribution >= 0.6 is 23.2 Å². The van der Waals surface area contributed by atoms with Crippen LogP contribution in [0.25, 0.3) is 5.65 Å². The number of nitrogens with zero attached hydrogens (tertiary/aromatic N) is 2. The number of rotatable bonds is 3. The zero-order valence-corrected chi connectivity index (χ0v) is 14.3. The van der Waals surface area contributed by atoms with Gasteiger partial charge in [0.05, 0.1) is 15.7 Å². The Bertz CT molecular complexity index is 958. The van der Waals surface area contributed by atoms with Gasteiger partial charge in [0.15, 0.2) is 5.65 Å². The number of aromatic nitrogens is 3. The Kier molecular flexibility index (Phi) is 4.08. The predicted molar refractivity (Wildman–Crippen MR) is 93.0 cm³/mol. The molecule has 0 aliphatic carbocycles. The van der Waals surface area contributed by atoms with E-state index in [2.05, 4.69) is 10.1 Å². The van der Waals surface area contributed by atoms with E-state index in [4.69, 9.17) is 27.9 Å². The van der Waals surface area contributed by atoms with Gasteiger partial charge in [-0.3, -0.25) is 9.89 Å². The van der Waals surface area contributed by atoms with Crippen molar-refractivity contribution in [1.29, 1.82) is 0 Å². The van der Waals surface area contributed by atoms with Gasteiger partial charge in [-0.1, -0.05) is 29.3 Å². The second-order valence-corrected chi connectivity index (χ2v) is 6.68. The summed E-state index contributed by atoms with van der Waals surface area (Å²) in [6.45, 7) is 0.699. The van der Waals surface area contributed by atoms with Crippen LogP contribution in [0, 0.1) is 0 Å². The lowest BCUT2D eigenvalue weighted by atomic mass is 10.0. The molecule has 1 aliphatic rings. The summed E-state index contributed by atoms with van der Waals surface area (Å²) >= 11 is 12.1. The molecule has 0 saturated carbocycles. The van der Waals surface area contributed by atoms with E-state index in [1.165, 1.54) is 4.52 Å². The maximum atomic E-state index is 12.9. The Balaban J connectivity index is 1.85. The van der Waals surface area contributed by atoms with Gasteiger partial charge < -0.3 is 4.74 Å². The highest BCUT2D eigenvalue weighted by Crippen LogP contribution is 2.30. The van der Waals surface area contributed by atoms with Crippen molar-refractivity contribution in [3.63, 3.8) is 0 Å². The number of halogens is 2. The summed E-state index contributed by atoms with van der Waals surface area (Å²) in [5.74, 6) is 0. The third-order valence-corrected chi connectivity index (χ3v) is 5.01. The first kappa shape index (κ1) is 15.7. The van der Waals surface area contributed by atoms with Gasteiger partial charge in [0, 0.05) is 30.9 Å². The summed E-state index contributed by atoms with van der Waals surface area (Å²) in [6, 6.07) is 7.18. The van der Waals surface area contributed by atoms with Crippen LogP contribution in [0.3, 0.4) is 0 Å². The fourth-order valence-corrected chi connectivity index (χ4v) is 3.41. The summed E-state index contributed by atoms with van der Waals surface area (Å²) in [6.07, 6.45) is 3.86. The van der Waals surface area contributed by atoms with Crippen molar-refractivity contribution in [1.82, 2.24) is 14.6 Å². The Labute approximate surface area is 148 Å². The number of hydrogen-bond acceptors (Lipinski definition) is 3. The molecule has 3 heterocycles. The maximum Gasteiger partial charge on any atom is 0.276 e. The smallest absolute Gasteiger partial charge is 0.276 e. The SMILES string of the molecule is O=c1c(Cc2ccc(Cl)c(Cl)c2)c(C2CCCO2)nc2cc[nH]n12. The highest BCUT2D eigenvalue weighted by Gasteiger charge is 2.25. The van der Waals surface area contributed by atoms with Crippen molar-refractivity contribution < 1.29 is 4.74 Å². The van der Waals surface area contributed by atoms with Crippen molar-refractivity contribution in [3.8, 4) is 0 Å². The van der Waals surface area contributed by atoms with Gasteiger partial charge >= 0.3 is 0 Å². The number of fused-ring (bicyclic) bond motifs is 1. The summed E-state index contributed by atoms with van der Waals surface area (Å²) in [7, 11) is 0. The molecule has 1 fully saturated rings. The third kappa shape index (κ3) is 2.73. The second kappa shape index (κ2) is 6.24. The molecule has 1 N–H and O–H groups in total. The average molecular weight is 364 g/mol. The first-order chi connectivity index (χ1) is 11.6. The van der Waals surface area contributed by atoms with Gasteiger partial charge in [0.1, 0.15) is 6.10 Å². The maximum absolute atomic E-state index is 12.9. The normalized spacial score (nSPS) is 17.7. The first-order valence-electron chi connectivity index (χ1n) is 7.78. The quantitative estimate of drug-likeness (QED) is 0.770. The van der Waals surface area contributed by atoms with Gasteiger partial charge in [-0.25, -0.2) is 9.50 Å². The molecule has 0 bridgehead atoms. The summed E-state index contributed by atoms with van der Waals surface area (Å²) in [5.41, 5.74) is 2.75. The number of benzene rings is 1. The second-order valence-electron chi connectivity index (χ2n) is 5.86. The minimum Gasteiger partial charge on any atom is -0.372 e. The Morgan fingerprint density at radius 3 is 2.92 bits per heavy atom. The predicted octanol–water partition coefficient (Wildman–Crippen LogP) is 3.77. The molecular weight excluding hydrogens is 349 g/mol. The molecule has 7 heteroatoms. The van der Waals surface area contributed by atoms with Crippen LogP contribution in [0.1, 0.15) is 35.8 Å². The Morgan fingerprint density at radius 1 is 1.29 bits per heavy atom. The van der Waals surface area contributed by atoms with E-state index in [1.54, 1.807) is 24.4 Å². The standard InChI is InChI=1S/C17H15Cl2N3O2/c18-12-4-3-10(9-13(12)19)8-11-16(14-2-1-7-24-14)21-15-5-6-20-22(15)17(11)23/h3-6,9,14,20H,1-2,7-8H2. The van der Waals surface area contributed by atoms with Crippen molar-refractivity contribution in [2.45, 2.75) is 25.4 Å². The van der Waals surface area contributed by atoms with E-state index < -0.39 is 0 Å². The van der Waals surface area contributed by atoms with E-state index in [0.29, 0.717) is 34.3 Å². The van der Waals surface area contributed by atoms with Crippen LogP contribution in [-0.2, 0) is 11.2 Å². The number of hydrogen-bond donors (Lipinski definition) is 1. The zero-order chi connectivity index (χ0) is 16.7. The number of ether oxygens (including phenoxy) is 1. The molecule has 5 nitrogen and oxygen atoms in total. The van der Waals surface area contributed by atoms with Crippen LogP contribution < -0.4 is 5.56 Å². The average Bonchev–Trinajstić information content (AvgIpc) is 3.24. The topological polar surface area (TPSA) is 59.4 Å². The van der Waals surface area contributed by atoms with Gasteiger partial charge in [0.25, 0.3) is 5.56 Å². The van der Waals surface area contributed by atoms with E-state index in [-0.39, 0.29) is 11.7 Å². The highest BCUT2D eigenvalue weighted by molar-refractivity contribution is 6.42. The number of aromatic amines is 1. The summed E-state index contributed by atoms with van der Waals surface area (Å²) in [5, 5.41) is 3.87. The van der Waals surface area contributed by atoms with Crippen molar-refractivity contribution >= 4 is 28.8 Å². The van der Waals surface area contributed by atoms with Gasteiger partial charge in [-0.2, -0.15) is 0 Å². The van der Waals surface area contributed by atoms with Crippen LogP contribution in [0.4, 0.5) is 0 Å². The number of H-pyrrole nitrogens is 1. The van der Waals surface area contributed by atoms with Crippen molar-refractivity contribution in [2.24, 2.45) is 0 Å². The molecule has 0 radical (unpaired) electrons. The molecule has 2 aromatic heterocycles. The highest BCUT2D eigenvalue weighted by atomic mass is 35.5. The largest absolute Gasteiger partial charge is 0.372 e. The van der Waals surface area contributed by atoms with Crippen molar-refractivity contribution in [2.75, 3.05) is 6.61 Å². The molecule has 4 rings (SSSR count). The van der Waals surface area contributed by atoms with Gasteiger partial charge in [-0.15, -0.1) is 0 Å². The molecule has 1 unspecified atom stereocenters. The number of nitrogens with one attached hydrogen (secondary N) is 1. The first-order valence-corrected chi connectivity index (χ1v) is 8.53. The fraction of sp³-hybridized carbons (Fsp3) is 0.294. The monoisotopic (exact) mass is 363 g/mol. The van der Waals surface area contributed by atoms with Crippen LogP contribution in [0.2, 0.25) is 10.0 Å². The third-order valence-electron chi connectivity index (χ3n) is 4.27. The lowest BCUT2D eigenvalue weighted by molar-refractivity contribution is 0.108. The fourth-order valence-electron chi connectivity index (χ4n) is 3.09. The Hall–Kier alpha value is -1.82. The lowest BCUT2D eigenvalue weighted by Gasteiger charge is -2.14. The van der Waals surface area contributed by atoms with Gasteiger partial charge in [0.2, 0.25) is 0 Å². The van der Waals surface area contributed by atoms with Crippen LogP contribution in [-0.4, -0.2) is 21.2 Å². The van der Waals surface area contributed by atoms with Crippen molar-refractivity contribution in [3.05, 3.63) is 67.7 Å². The molecule has 24 heavy (non-hydrogen) atoms. The molecule has 1 atom stereocenters. The van der Waals surface area contributed by atoms with E-state index in [0.717, 1.165) is 24.1 Å². The van der Waals surface area contributed by atoms with Crippen LogP contribution in [0.5, 0.6) is 0 Å². The lowest BCUT2D eigenvalue weighted by Crippen LogP contribution is -2.24. The molecule has 0 spiro atoms. The molecular formula is C17H15Cl2N3O2. The molecule has 1 aliphatic heterocycles. The summed E-state index contributed by atoms with van der Waals surface area (Å²) < 4.78 is 7.22. The minimum atomic E-state index is -0.129. The van der Waals surface area contributed by atoms with Gasteiger partial charge in [-0.05, 0) is 30.5 Å². The minimum absolute atomic E-state index is 0.110. The Morgan fingerprint density at radius 2 is 2.17 bits per heavy atom. The zero-order valence-electron chi connectivity index (χ0n) is 12.8. The molecule has 3 aromatic rings. The molecule has 124 valence electrons. The van der Waals surface area contributed by atoms with E-state index >= 15 is 0 Å². The van der Waals surface area contributed by atoms with Crippen LogP contribution in [0.15, 0.2) is 35.3 Å². The summed E-state index contributed by atoms with van der Waals surface area (Å²) in [4.78, 5) is 17.6. The molecule has 0 amide bonds. The molecule has 1 aromatic carbocycles.